The number of nitrogens with one attached hydrogen (secondary N) is 1. The largest absolute Gasteiger partial charge is 0.573 e. The number of urea groups is 1. The number of aryl methyl sites for hydroxylation is 1. The number of hydrogen-bond donors (Lipinski definition) is 1. The van der Waals surface area contributed by atoms with E-state index in [2.05, 4.69) is 26.6 Å². The van der Waals surface area contributed by atoms with Crippen molar-refractivity contribution in [2.75, 3.05) is 11.1 Å². The maximum absolute atomic E-state index is 13.1. The fourth-order valence-electron chi connectivity index (χ4n) is 5.94. The van der Waals surface area contributed by atoms with Gasteiger partial charge in [-0.25, -0.2) is 9.79 Å². The van der Waals surface area contributed by atoms with E-state index >= 15 is 0 Å². The molecule has 252 valence electrons. The van der Waals surface area contributed by atoms with Gasteiger partial charge in [-0.2, -0.15) is 4.99 Å². The zero-order chi connectivity index (χ0) is 34.5. The predicted octanol–water partition coefficient (Wildman–Crippen LogP) is 9.40. The number of fused-ring (bicyclic) bond motifs is 1. The average molecular weight is 687 g/mol. The molecule has 12 heteroatoms. The molecule has 0 aliphatic carbocycles. The van der Waals surface area contributed by atoms with Crippen molar-refractivity contribution in [3.05, 3.63) is 102 Å². The van der Waals surface area contributed by atoms with E-state index in [0.29, 0.717) is 54.2 Å². The Labute approximate surface area is 285 Å². The van der Waals surface area contributed by atoms with Crippen LogP contribution in [-0.4, -0.2) is 47.1 Å². The van der Waals surface area contributed by atoms with Crippen molar-refractivity contribution < 1.29 is 31.9 Å². The van der Waals surface area contributed by atoms with Gasteiger partial charge in [-0.05, 0) is 97.7 Å². The van der Waals surface area contributed by atoms with Gasteiger partial charge in [-0.15, -0.1) is 24.9 Å². The fourth-order valence-corrected chi connectivity index (χ4v) is 6.79. The number of rotatable bonds is 8. The molecular formula is C37H33F3N4O4S. The molecular weight excluding hydrogens is 653 g/mol. The number of anilines is 1. The van der Waals surface area contributed by atoms with Crippen LogP contribution in [0.25, 0.3) is 16.5 Å². The summed E-state index contributed by atoms with van der Waals surface area (Å²) in [5, 5.41) is 4.49. The standard InChI is InChI=1S/C37H33F3N4O4S/c1-22(2)31-19-25(35-41-20-26(42-35)11-6-23-7-12-28(13-8-23)48-37(38,39)40)9-14-32(31)43-36(46)44-34-15-10-24(18-27(45)21-49-34)29-4-3-5-33-30(29)16-17-47-33/h3-5,7-9,12-14,16-17,19-20,24,26H,1,6,10-11,15,18,21H2,2H3,(H,43,46)/b44-34-. The smallest absolute Gasteiger partial charge is 0.464 e. The molecule has 2 aliphatic rings. The molecule has 2 amide bonds. The number of ketones is 1. The molecule has 3 aromatic carbocycles. The SMILES string of the molecule is C=C(C)c1cc(C2=NC(CCc3ccc(OC(F)(F)F)cc3)C=N2)ccc1NC(=O)/N=C1/CCC(c2cccc3occc23)CC(=O)CS1. The number of ether oxygens (including phenoxy) is 1. The van der Waals surface area contributed by atoms with Gasteiger partial charge >= 0.3 is 12.4 Å². The first-order valence-corrected chi connectivity index (χ1v) is 16.8. The summed E-state index contributed by atoms with van der Waals surface area (Å²) in [5.41, 5.74) is 5.44. The number of benzene rings is 3. The number of Topliss-reactive ketones (excluding diaryl/α,β-unsaturated/α-hetero) is 1. The Morgan fingerprint density at radius 2 is 1.96 bits per heavy atom. The van der Waals surface area contributed by atoms with E-state index < -0.39 is 12.4 Å². The molecule has 1 aromatic heterocycles. The van der Waals surface area contributed by atoms with Crippen LogP contribution in [0.4, 0.5) is 23.7 Å². The number of nitrogens with zero attached hydrogens (tertiary/aromatic N) is 3. The third-order valence-corrected chi connectivity index (χ3v) is 9.39. The number of allylic oxidation sites excluding steroid dienone is 1. The number of carbonyl (C=O) groups is 2. The maximum Gasteiger partial charge on any atom is 0.573 e. The van der Waals surface area contributed by atoms with Gasteiger partial charge in [0.25, 0.3) is 0 Å². The molecule has 1 saturated heterocycles. The highest BCUT2D eigenvalue weighted by atomic mass is 32.2. The van der Waals surface area contributed by atoms with Gasteiger partial charge in [0, 0.05) is 34.8 Å². The van der Waals surface area contributed by atoms with Crippen LogP contribution in [0.3, 0.4) is 0 Å². The van der Waals surface area contributed by atoms with Crippen LogP contribution in [0, 0.1) is 0 Å². The molecule has 6 rings (SSSR count). The maximum atomic E-state index is 13.1. The molecule has 2 unspecified atom stereocenters. The molecule has 0 spiro atoms. The Hall–Kier alpha value is -4.97. The Morgan fingerprint density at radius 1 is 1.14 bits per heavy atom. The van der Waals surface area contributed by atoms with Crippen LogP contribution in [0.5, 0.6) is 5.75 Å². The summed E-state index contributed by atoms with van der Waals surface area (Å²) >= 11 is 1.31. The predicted molar refractivity (Wildman–Crippen MR) is 188 cm³/mol. The first kappa shape index (κ1) is 33.9. The summed E-state index contributed by atoms with van der Waals surface area (Å²) in [7, 11) is 0. The van der Waals surface area contributed by atoms with Crippen LogP contribution < -0.4 is 10.1 Å². The van der Waals surface area contributed by atoms with E-state index in [-0.39, 0.29) is 29.2 Å². The Bertz CT molecular complexity index is 1980. The van der Waals surface area contributed by atoms with Gasteiger partial charge in [0.05, 0.1) is 23.1 Å². The van der Waals surface area contributed by atoms with Crippen molar-refractivity contribution in [3.63, 3.8) is 0 Å². The Balaban J connectivity index is 1.09. The van der Waals surface area contributed by atoms with Crippen molar-refractivity contribution in [3.8, 4) is 5.75 Å². The van der Waals surface area contributed by atoms with E-state index in [1.807, 2.05) is 43.3 Å². The lowest BCUT2D eigenvalue weighted by molar-refractivity contribution is -0.274. The van der Waals surface area contributed by atoms with Gasteiger partial charge in [-0.1, -0.05) is 30.8 Å². The van der Waals surface area contributed by atoms with Crippen molar-refractivity contribution in [1.82, 2.24) is 0 Å². The highest BCUT2D eigenvalue weighted by Gasteiger charge is 2.31. The highest BCUT2D eigenvalue weighted by molar-refractivity contribution is 8.14. The van der Waals surface area contributed by atoms with Gasteiger partial charge < -0.3 is 14.5 Å². The molecule has 0 saturated carbocycles. The number of carbonyl (C=O) groups excluding carboxylic acids is 2. The summed E-state index contributed by atoms with van der Waals surface area (Å²) in [6, 6.07) is 18.3. The minimum Gasteiger partial charge on any atom is -0.464 e. The molecule has 2 aliphatic heterocycles. The zero-order valence-corrected chi connectivity index (χ0v) is 27.4. The second kappa shape index (κ2) is 14.7. The van der Waals surface area contributed by atoms with Crippen LogP contribution in [-0.2, 0) is 11.2 Å². The number of aliphatic imine (C=N–C) groups is 3. The van der Waals surface area contributed by atoms with Gasteiger partial charge in [0.1, 0.15) is 17.1 Å². The quantitative estimate of drug-likeness (QED) is 0.199. The Morgan fingerprint density at radius 3 is 2.73 bits per heavy atom. The molecule has 2 atom stereocenters. The third kappa shape index (κ3) is 8.74. The first-order valence-electron chi connectivity index (χ1n) is 15.8. The fraction of sp³-hybridized carbons (Fsp3) is 0.270. The minimum absolute atomic E-state index is 0.000400. The molecule has 1 fully saturated rings. The van der Waals surface area contributed by atoms with Gasteiger partial charge in [0.15, 0.2) is 5.84 Å². The Kier molecular flexibility index (Phi) is 10.1. The highest BCUT2D eigenvalue weighted by Crippen LogP contribution is 2.35. The lowest BCUT2D eigenvalue weighted by Crippen LogP contribution is -2.17. The first-order chi connectivity index (χ1) is 23.5. The molecule has 8 nitrogen and oxygen atoms in total. The number of amides is 2. The van der Waals surface area contributed by atoms with Crippen LogP contribution in [0.2, 0.25) is 0 Å². The number of hydrogen-bond acceptors (Lipinski definition) is 7. The zero-order valence-electron chi connectivity index (χ0n) is 26.6. The molecule has 4 aromatic rings. The van der Waals surface area contributed by atoms with Crippen LogP contribution in [0.1, 0.15) is 60.8 Å². The third-order valence-electron chi connectivity index (χ3n) is 8.30. The van der Waals surface area contributed by atoms with Gasteiger partial charge in [-0.3, -0.25) is 9.79 Å². The number of thioether (sulfide) groups is 1. The molecule has 0 bridgehead atoms. The summed E-state index contributed by atoms with van der Waals surface area (Å²) in [6.07, 6.45) is 1.56. The van der Waals surface area contributed by atoms with Gasteiger partial charge in [0.2, 0.25) is 0 Å². The number of amidine groups is 1. The molecule has 3 heterocycles. The summed E-state index contributed by atoms with van der Waals surface area (Å²) in [5.74, 6) is 0.637. The average Bonchev–Trinajstić information content (AvgIpc) is 3.74. The summed E-state index contributed by atoms with van der Waals surface area (Å²) in [6.45, 7) is 5.92. The summed E-state index contributed by atoms with van der Waals surface area (Å²) < 4.78 is 46.8. The van der Waals surface area contributed by atoms with Crippen molar-refractivity contribution >= 4 is 62.9 Å². The molecule has 1 N–H and O–H groups in total. The number of furan rings is 1. The van der Waals surface area contributed by atoms with E-state index in [1.54, 1.807) is 30.7 Å². The van der Waals surface area contributed by atoms with Crippen molar-refractivity contribution in [2.45, 2.75) is 57.3 Å². The van der Waals surface area contributed by atoms with Crippen LogP contribution >= 0.6 is 11.8 Å². The lowest BCUT2D eigenvalue weighted by atomic mass is 9.88. The van der Waals surface area contributed by atoms with Crippen molar-refractivity contribution in [1.29, 1.82) is 0 Å². The normalized spacial score (nSPS) is 19.1. The van der Waals surface area contributed by atoms with Crippen molar-refractivity contribution in [2.24, 2.45) is 15.0 Å². The van der Waals surface area contributed by atoms with E-state index in [0.717, 1.165) is 33.2 Å². The van der Waals surface area contributed by atoms with E-state index in [9.17, 15) is 22.8 Å². The van der Waals surface area contributed by atoms with E-state index in [1.165, 1.54) is 23.9 Å². The topological polar surface area (TPSA) is 106 Å². The molecule has 49 heavy (non-hydrogen) atoms. The lowest BCUT2D eigenvalue weighted by Gasteiger charge is -2.20. The second-order valence-corrected chi connectivity index (χ2v) is 13.0. The molecule has 0 radical (unpaired) electrons. The second-order valence-electron chi connectivity index (χ2n) is 12.0. The summed E-state index contributed by atoms with van der Waals surface area (Å²) in [4.78, 5) is 39.5. The minimum atomic E-state index is -4.73. The number of alkyl halides is 3. The van der Waals surface area contributed by atoms with Crippen LogP contribution in [0.15, 0.2) is 99.0 Å². The number of halogens is 3. The monoisotopic (exact) mass is 686 g/mol. The van der Waals surface area contributed by atoms with E-state index in [4.69, 9.17) is 9.41 Å².